The number of carboxylic acids is 1. The molecule has 0 aliphatic carbocycles. The number of benzene rings is 1. The Morgan fingerprint density at radius 2 is 1.86 bits per heavy atom. The molecule has 8 heteroatoms. The van der Waals surface area contributed by atoms with Crippen molar-refractivity contribution >= 4 is 21.8 Å². The molecule has 116 valence electrons. The smallest absolute Gasteiger partial charge is 0.330 e. The van der Waals surface area contributed by atoms with Crippen molar-refractivity contribution in [2.24, 2.45) is 0 Å². The zero-order valence-electron chi connectivity index (χ0n) is 11.6. The predicted octanol–water partition coefficient (Wildman–Crippen LogP) is 0.546. The Balaban J connectivity index is 2.49. The highest BCUT2D eigenvalue weighted by Gasteiger charge is 2.21. The van der Waals surface area contributed by atoms with E-state index in [0.29, 0.717) is 5.56 Å². The average molecular weight is 314 g/mol. The quantitative estimate of drug-likeness (QED) is 0.636. The number of rotatable bonds is 7. The van der Waals surface area contributed by atoms with Gasteiger partial charge < -0.3 is 15.7 Å². The number of carbonyl (C=O) groups excluding carboxylic acids is 1. The Hall–Kier alpha value is -2.09. The van der Waals surface area contributed by atoms with Gasteiger partial charge >= 0.3 is 12.0 Å². The maximum atomic E-state index is 11.6. The molecule has 0 saturated heterocycles. The predicted molar refractivity (Wildman–Crippen MR) is 77.7 cm³/mol. The Morgan fingerprint density at radius 1 is 1.24 bits per heavy atom. The highest BCUT2D eigenvalue weighted by atomic mass is 32.2. The fourth-order valence-corrected chi connectivity index (χ4v) is 2.32. The Labute approximate surface area is 123 Å². The van der Waals surface area contributed by atoms with Gasteiger partial charge in [0.2, 0.25) is 0 Å². The van der Waals surface area contributed by atoms with Crippen LogP contribution in [0.1, 0.15) is 18.0 Å². The Bertz CT molecular complexity index is 586. The Kier molecular flexibility index (Phi) is 6.16. The summed E-state index contributed by atoms with van der Waals surface area (Å²) < 4.78 is 21.8. The van der Waals surface area contributed by atoms with Gasteiger partial charge in [-0.2, -0.15) is 0 Å². The van der Waals surface area contributed by atoms with Crippen LogP contribution in [0.4, 0.5) is 4.79 Å². The van der Waals surface area contributed by atoms with E-state index in [-0.39, 0.29) is 18.7 Å². The number of hydrogen-bond acceptors (Lipinski definition) is 4. The normalized spacial score (nSPS) is 12.4. The molecule has 0 saturated carbocycles. The third-order valence-corrected chi connectivity index (χ3v) is 3.66. The molecule has 1 unspecified atom stereocenters. The zero-order valence-corrected chi connectivity index (χ0v) is 12.4. The first kappa shape index (κ1) is 17.0. The maximum absolute atomic E-state index is 11.6. The summed E-state index contributed by atoms with van der Waals surface area (Å²) in [6.45, 7) is 0.153. The molecular weight excluding hydrogens is 296 g/mol. The largest absolute Gasteiger partial charge is 0.479 e. The van der Waals surface area contributed by atoms with E-state index in [1.807, 2.05) is 0 Å². The first-order valence-corrected chi connectivity index (χ1v) is 8.35. The van der Waals surface area contributed by atoms with Crippen LogP contribution in [0.5, 0.6) is 0 Å². The van der Waals surface area contributed by atoms with E-state index >= 15 is 0 Å². The second-order valence-electron chi connectivity index (χ2n) is 4.57. The first-order chi connectivity index (χ1) is 9.79. The highest BCUT2D eigenvalue weighted by molar-refractivity contribution is 7.90. The summed E-state index contributed by atoms with van der Waals surface area (Å²) in [6, 6.07) is 6.49. The standard InChI is InChI=1S/C13H18N2O5S/c1-21(19,20)9-5-8-14-13(18)15-11(12(16)17)10-6-3-2-4-7-10/h2-4,6-7,11H,5,8-9H2,1H3,(H,16,17)(H2,14,15,18). The molecular formula is C13H18N2O5S. The molecule has 0 aliphatic rings. The van der Waals surface area contributed by atoms with Crippen LogP contribution < -0.4 is 10.6 Å². The molecule has 0 bridgehead atoms. The fraction of sp³-hybridized carbons (Fsp3) is 0.385. The van der Waals surface area contributed by atoms with Crippen LogP contribution in [0.25, 0.3) is 0 Å². The van der Waals surface area contributed by atoms with Gasteiger partial charge in [0.25, 0.3) is 0 Å². The van der Waals surface area contributed by atoms with Crippen LogP contribution in [0, 0.1) is 0 Å². The van der Waals surface area contributed by atoms with E-state index in [0.717, 1.165) is 6.26 Å². The van der Waals surface area contributed by atoms with Gasteiger partial charge in [0.1, 0.15) is 9.84 Å². The van der Waals surface area contributed by atoms with E-state index in [1.165, 1.54) is 0 Å². The van der Waals surface area contributed by atoms with Crippen LogP contribution in [0.2, 0.25) is 0 Å². The minimum atomic E-state index is -3.07. The van der Waals surface area contributed by atoms with Gasteiger partial charge in [0.15, 0.2) is 6.04 Å². The van der Waals surface area contributed by atoms with Crippen molar-refractivity contribution in [3.8, 4) is 0 Å². The van der Waals surface area contributed by atoms with Gasteiger partial charge in [-0.3, -0.25) is 0 Å². The zero-order chi connectivity index (χ0) is 15.9. The fourth-order valence-electron chi connectivity index (χ4n) is 1.65. The summed E-state index contributed by atoms with van der Waals surface area (Å²) in [4.78, 5) is 22.8. The SMILES string of the molecule is CS(=O)(=O)CCCNC(=O)NC(C(=O)O)c1ccccc1. The van der Waals surface area contributed by atoms with E-state index in [9.17, 15) is 18.0 Å². The number of hydrogen-bond donors (Lipinski definition) is 3. The molecule has 1 rings (SSSR count). The van der Waals surface area contributed by atoms with Gasteiger partial charge in [0.05, 0.1) is 5.75 Å². The van der Waals surface area contributed by atoms with Gasteiger partial charge in [-0.05, 0) is 12.0 Å². The van der Waals surface area contributed by atoms with Gasteiger partial charge in [0, 0.05) is 12.8 Å². The molecule has 0 aromatic heterocycles. The van der Waals surface area contributed by atoms with Gasteiger partial charge in [-0.25, -0.2) is 18.0 Å². The van der Waals surface area contributed by atoms with Crippen LogP contribution in [-0.2, 0) is 14.6 Å². The van der Waals surface area contributed by atoms with Crippen molar-refractivity contribution in [1.82, 2.24) is 10.6 Å². The van der Waals surface area contributed by atoms with Crippen molar-refractivity contribution < 1.29 is 23.1 Å². The van der Waals surface area contributed by atoms with Crippen molar-refractivity contribution in [1.29, 1.82) is 0 Å². The van der Waals surface area contributed by atoms with Crippen molar-refractivity contribution in [2.45, 2.75) is 12.5 Å². The molecule has 1 atom stereocenters. The molecule has 0 aliphatic heterocycles. The summed E-state index contributed by atoms with van der Waals surface area (Å²) in [5, 5.41) is 13.9. The Morgan fingerprint density at radius 3 is 2.38 bits per heavy atom. The van der Waals surface area contributed by atoms with Crippen LogP contribution >= 0.6 is 0 Å². The number of carbonyl (C=O) groups is 2. The highest BCUT2D eigenvalue weighted by Crippen LogP contribution is 2.12. The lowest BCUT2D eigenvalue weighted by molar-refractivity contribution is -0.139. The lowest BCUT2D eigenvalue weighted by atomic mass is 10.1. The monoisotopic (exact) mass is 314 g/mol. The minimum Gasteiger partial charge on any atom is -0.479 e. The molecule has 21 heavy (non-hydrogen) atoms. The van der Waals surface area contributed by atoms with E-state index in [1.54, 1.807) is 30.3 Å². The van der Waals surface area contributed by atoms with Crippen LogP contribution in [0.15, 0.2) is 30.3 Å². The summed E-state index contributed by atoms with van der Waals surface area (Å²) >= 11 is 0. The maximum Gasteiger partial charge on any atom is 0.330 e. The van der Waals surface area contributed by atoms with Crippen molar-refractivity contribution in [3.63, 3.8) is 0 Å². The second-order valence-corrected chi connectivity index (χ2v) is 6.83. The molecule has 3 N–H and O–H groups in total. The lowest BCUT2D eigenvalue weighted by Gasteiger charge is -2.15. The second kappa shape index (κ2) is 7.63. The molecule has 0 radical (unpaired) electrons. The third kappa shape index (κ3) is 6.75. The molecule has 1 aromatic carbocycles. The molecule has 2 amide bonds. The van der Waals surface area contributed by atoms with Crippen LogP contribution in [-0.4, -0.2) is 44.1 Å². The summed E-state index contributed by atoms with van der Waals surface area (Å²) in [5.41, 5.74) is 0.455. The molecule has 7 nitrogen and oxygen atoms in total. The average Bonchev–Trinajstić information content (AvgIpc) is 2.40. The van der Waals surface area contributed by atoms with E-state index < -0.39 is 27.9 Å². The number of carboxylic acid groups (broad SMARTS) is 1. The number of nitrogens with one attached hydrogen (secondary N) is 2. The number of urea groups is 1. The number of aliphatic carboxylic acids is 1. The summed E-state index contributed by atoms with van der Waals surface area (Å²) in [5.74, 6) is -1.21. The number of sulfone groups is 1. The van der Waals surface area contributed by atoms with Gasteiger partial charge in [-0.15, -0.1) is 0 Å². The third-order valence-electron chi connectivity index (χ3n) is 2.63. The van der Waals surface area contributed by atoms with Crippen LogP contribution in [0.3, 0.4) is 0 Å². The summed E-state index contributed by atoms with van der Waals surface area (Å²) in [7, 11) is -3.07. The van der Waals surface area contributed by atoms with Crippen molar-refractivity contribution in [3.05, 3.63) is 35.9 Å². The molecule has 0 spiro atoms. The molecule has 0 heterocycles. The lowest BCUT2D eigenvalue weighted by Crippen LogP contribution is -2.41. The van der Waals surface area contributed by atoms with E-state index in [4.69, 9.17) is 5.11 Å². The van der Waals surface area contributed by atoms with Crippen molar-refractivity contribution in [2.75, 3.05) is 18.6 Å². The molecule has 0 fully saturated rings. The van der Waals surface area contributed by atoms with E-state index in [2.05, 4.69) is 10.6 Å². The first-order valence-electron chi connectivity index (χ1n) is 6.29. The van der Waals surface area contributed by atoms with Gasteiger partial charge in [-0.1, -0.05) is 30.3 Å². The summed E-state index contributed by atoms with van der Waals surface area (Å²) in [6.07, 6.45) is 1.39. The minimum absolute atomic E-state index is 0.0334. The topological polar surface area (TPSA) is 113 Å². The number of amides is 2. The molecule has 1 aromatic rings.